The van der Waals surface area contributed by atoms with E-state index in [0.717, 1.165) is 18.4 Å². The van der Waals surface area contributed by atoms with E-state index >= 15 is 0 Å². The van der Waals surface area contributed by atoms with Gasteiger partial charge in [-0.25, -0.2) is 4.79 Å². The number of phenolic OH excluding ortho intramolecular Hbond substituents is 2. The van der Waals surface area contributed by atoms with Gasteiger partial charge in [-0.1, -0.05) is 35.9 Å². The standard InChI is InChI=1S/C23H24O4/c1-13(2)18-8-7-14(3)9-19(18)22-20(24)11-17(12-21(22)25)15-5-4-6-16(10-15)23(26)27/h4-6,9-12,18-19,24-25H,1,7-8H2,2-3H3,(H,26,27)/t18-,19+/m0/s1. The molecule has 0 aliphatic heterocycles. The Kier molecular flexibility index (Phi) is 5.08. The number of aromatic carboxylic acids is 1. The van der Waals surface area contributed by atoms with Crippen LogP contribution in [-0.4, -0.2) is 21.3 Å². The molecular formula is C23H24O4. The van der Waals surface area contributed by atoms with Crippen molar-refractivity contribution in [1.82, 2.24) is 0 Å². The lowest BCUT2D eigenvalue weighted by Crippen LogP contribution is -2.17. The fourth-order valence-electron chi connectivity index (χ4n) is 3.87. The van der Waals surface area contributed by atoms with E-state index in [2.05, 4.69) is 19.6 Å². The molecule has 1 aliphatic carbocycles. The highest BCUT2D eigenvalue weighted by atomic mass is 16.4. The van der Waals surface area contributed by atoms with Crippen molar-refractivity contribution in [1.29, 1.82) is 0 Å². The van der Waals surface area contributed by atoms with Gasteiger partial charge in [0, 0.05) is 11.5 Å². The van der Waals surface area contributed by atoms with E-state index in [0.29, 0.717) is 16.7 Å². The van der Waals surface area contributed by atoms with Gasteiger partial charge in [-0.05, 0) is 68.0 Å². The number of benzene rings is 2. The molecule has 1 aliphatic rings. The monoisotopic (exact) mass is 364 g/mol. The Hall–Kier alpha value is -3.01. The van der Waals surface area contributed by atoms with E-state index in [4.69, 9.17) is 0 Å². The SMILES string of the molecule is C=C(C)[C@@H]1CCC(C)=C[C@H]1c1c(O)cc(-c2cccc(C(=O)O)c2)cc1O. The molecule has 27 heavy (non-hydrogen) atoms. The molecule has 140 valence electrons. The highest BCUT2D eigenvalue weighted by Gasteiger charge is 2.30. The maximum atomic E-state index is 11.2. The number of phenols is 2. The molecule has 4 nitrogen and oxygen atoms in total. The van der Waals surface area contributed by atoms with Gasteiger partial charge in [0.15, 0.2) is 0 Å². The Balaban J connectivity index is 2.08. The molecule has 0 bridgehead atoms. The van der Waals surface area contributed by atoms with Crippen molar-refractivity contribution >= 4 is 5.97 Å². The summed E-state index contributed by atoms with van der Waals surface area (Å²) in [6, 6.07) is 9.60. The van der Waals surface area contributed by atoms with E-state index in [1.54, 1.807) is 24.3 Å². The van der Waals surface area contributed by atoms with Gasteiger partial charge in [-0.15, -0.1) is 0 Å². The smallest absolute Gasteiger partial charge is 0.335 e. The van der Waals surface area contributed by atoms with Gasteiger partial charge in [-0.2, -0.15) is 0 Å². The van der Waals surface area contributed by atoms with Gasteiger partial charge in [0.1, 0.15) is 11.5 Å². The number of allylic oxidation sites excluding steroid dienone is 3. The van der Waals surface area contributed by atoms with Crippen LogP contribution in [0.15, 0.2) is 60.2 Å². The minimum atomic E-state index is -1.02. The third-order valence-electron chi connectivity index (χ3n) is 5.29. The molecule has 3 N–H and O–H groups in total. The predicted molar refractivity (Wildman–Crippen MR) is 106 cm³/mol. The summed E-state index contributed by atoms with van der Waals surface area (Å²) in [6.45, 7) is 8.12. The van der Waals surface area contributed by atoms with Crippen molar-refractivity contribution in [2.24, 2.45) is 5.92 Å². The van der Waals surface area contributed by atoms with E-state index in [9.17, 15) is 20.1 Å². The zero-order chi connectivity index (χ0) is 19.7. The van der Waals surface area contributed by atoms with Crippen molar-refractivity contribution in [2.75, 3.05) is 0 Å². The highest BCUT2D eigenvalue weighted by molar-refractivity contribution is 5.89. The zero-order valence-corrected chi connectivity index (χ0v) is 15.6. The minimum absolute atomic E-state index is 0.00734. The third kappa shape index (κ3) is 3.75. The summed E-state index contributed by atoms with van der Waals surface area (Å²) in [7, 11) is 0. The predicted octanol–water partition coefficient (Wildman–Crippen LogP) is 5.48. The normalized spacial score (nSPS) is 19.4. The van der Waals surface area contributed by atoms with Gasteiger partial charge in [-0.3, -0.25) is 0 Å². The second-order valence-electron chi connectivity index (χ2n) is 7.34. The summed E-state index contributed by atoms with van der Waals surface area (Å²) in [6.07, 6.45) is 4.02. The van der Waals surface area contributed by atoms with Crippen molar-refractivity contribution in [3.63, 3.8) is 0 Å². The zero-order valence-electron chi connectivity index (χ0n) is 15.6. The Morgan fingerprint density at radius 1 is 1.11 bits per heavy atom. The molecule has 0 saturated heterocycles. The topological polar surface area (TPSA) is 77.8 Å². The molecule has 4 heteroatoms. The quantitative estimate of drug-likeness (QED) is 0.628. The van der Waals surface area contributed by atoms with Gasteiger partial charge in [0.25, 0.3) is 0 Å². The summed E-state index contributed by atoms with van der Waals surface area (Å²) in [5.74, 6) is -0.975. The summed E-state index contributed by atoms with van der Waals surface area (Å²) in [5.41, 5.74) is 4.11. The van der Waals surface area contributed by atoms with E-state index in [-0.39, 0.29) is 28.9 Å². The molecule has 0 unspecified atom stereocenters. The molecular weight excluding hydrogens is 340 g/mol. The fourth-order valence-corrected chi connectivity index (χ4v) is 3.87. The van der Waals surface area contributed by atoms with E-state index in [1.165, 1.54) is 17.7 Å². The fraction of sp³-hybridized carbons (Fsp3) is 0.261. The van der Waals surface area contributed by atoms with Crippen LogP contribution in [0.25, 0.3) is 11.1 Å². The summed E-state index contributed by atoms with van der Waals surface area (Å²) in [5, 5.41) is 30.6. The first kappa shape index (κ1) is 18.8. The van der Waals surface area contributed by atoms with E-state index < -0.39 is 5.97 Å². The number of aromatic hydroxyl groups is 2. The molecule has 2 atom stereocenters. The van der Waals surface area contributed by atoms with Crippen LogP contribution in [0, 0.1) is 5.92 Å². The van der Waals surface area contributed by atoms with Crippen molar-refractivity contribution in [2.45, 2.75) is 32.6 Å². The molecule has 2 aromatic carbocycles. The minimum Gasteiger partial charge on any atom is -0.507 e. The van der Waals surface area contributed by atoms with Crippen LogP contribution in [0.3, 0.4) is 0 Å². The Bertz CT molecular complexity index is 916. The first-order valence-corrected chi connectivity index (χ1v) is 9.00. The maximum Gasteiger partial charge on any atom is 0.335 e. The number of rotatable bonds is 4. The lowest BCUT2D eigenvalue weighted by atomic mass is 9.73. The molecule has 0 fully saturated rings. The summed E-state index contributed by atoms with van der Waals surface area (Å²) in [4.78, 5) is 11.2. The summed E-state index contributed by atoms with van der Waals surface area (Å²) >= 11 is 0. The van der Waals surface area contributed by atoms with Gasteiger partial charge < -0.3 is 15.3 Å². The Morgan fingerprint density at radius 3 is 2.37 bits per heavy atom. The maximum absolute atomic E-state index is 11.2. The molecule has 0 amide bonds. The molecule has 0 heterocycles. The first-order valence-electron chi connectivity index (χ1n) is 9.00. The molecule has 0 radical (unpaired) electrons. The Morgan fingerprint density at radius 2 is 1.78 bits per heavy atom. The lowest BCUT2D eigenvalue weighted by Gasteiger charge is -2.31. The molecule has 2 aromatic rings. The highest BCUT2D eigenvalue weighted by Crippen LogP contribution is 2.47. The van der Waals surface area contributed by atoms with Crippen LogP contribution in [0.4, 0.5) is 0 Å². The number of hydrogen-bond acceptors (Lipinski definition) is 3. The average molecular weight is 364 g/mol. The van der Waals surface area contributed by atoms with Crippen LogP contribution in [0.5, 0.6) is 11.5 Å². The third-order valence-corrected chi connectivity index (χ3v) is 5.29. The number of hydrogen-bond donors (Lipinski definition) is 3. The number of carbonyl (C=O) groups is 1. The van der Waals surface area contributed by atoms with E-state index in [1.807, 2.05) is 6.92 Å². The second-order valence-corrected chi connectivity index (χ2v) is 7.34. The van der Waals surface area contributed by atoms with Crippen LogP contribution < -0.4 is 0 Å². The summed E-state index contributed by atoms with van der Waals surface area (Å²) < 4.78 is 0. The number of carboxylic acids is 1. The van der Waals surface area contributed by atoms with Crippen molar-refractivity contribution < 1.29 is 20.1 Å². The molecule has 0 saturated carbocycles. The molecule has 3 rings (SSSR count). The van der Waals surface area contributed by atoms with Crippen LogP contribution in [0.2, 0.25) is 0 Å². The van der Waals surface area contributed by atoms with Crippen molar-refractivity contribution in [3.8, 4) is 22.6 Å². The van der Waals surface area contributed by atoms with Gasteiger partial charge in [0.05, 0.1) is 5.56 Å². The van der Waals surface area contributed by atoms with Crippen LogP contribution in [-0.2, 0) is 0 Å². The largest absolute Gasteiger partial charge is 0.507 e. The van der Waals surface area contributed by atoms with Gasteiger partial charge >= 0.3 is 5.97 Å². The van der Waals surface area contributed by atoms with Gasteiger partial charge in [0.2, 0.25) is 0 Å². The molecule has 0 aromatic heterocycles. The van der Waals surface area contributed by atoms with Crippen LogP contribution in [0.1, 0.15) is 48.5 Å². The number of carboxylic acid groups (broad SMARTS) is 1. The molecule has 0 spiro atoms. The Labute approximate surface area is 159 Å². The average Bonchev–Trinajstić information content (AvgIpc) is 2.61. The lowest BCUT2D eigenvalue weighted by molar-refractivity contribution is 0.0697. The van der Waals surface area contributed by atoms with Crippen LogP contribution >= 0.6 is 0 Å². The first-order chi connectivity index (χ1) is 12.8. The van der Waals surface area contributed by atoms with Crippen molar-refractivity contribution in [3.05, 3.63) is 71.3 Å². The second kappa shape index (κ2) is 7.31.